The van der Waals surface area contributed by atoms with Crippen LogP contribution in [0.4, 0.5) is 15.9 Å². The predicted molar refractivity (Wildman–Crippen MR) is 99.3 cm³/mol. The van der Waals surface area contributed by atoms with Crippen LogP contribution in [0.2, 0.25) is 0 Å². The van der Waals surface area contributed by atoms with Gasteiger partial charge < -0.3 is 29.4 Å². The van der Waals surface area contributed by atoms with Gasteiger partial charge in [-0.1, -0.05) is 0 Å². The third-order valence-electron chi connectivity index (χ3n) is 4.98. The molecule has 0 bridgehead atoms. The van der Waals surface area contributed by atoms with Crippen molar-refractivity contribution in [2.45, 2.75) is 12.6 Å². The van der Waals surface area contributed by atoms with Gasteiger partial charge in [0.2, 0.25) is 5.91 Å². The number of anilines is 1. The highest BCUT2D eigenvalue weighted by Gasteiger charge is 2.29. The topological polar surface area (TPSA) is 103 Å². The first kappa shape index (κ1) is 19.1. The Labute approximate surface area is 165 Å². The van der Waals surface area contributed by atoms with Gasteiger partial charge in [0.05, 0.1) is 6.54 Å². The molecule has 29 heavy (non-hydrogen) atoms. The molecule has 1 fully saturated rings. The van der Waals surface area contributed by atoms with Crippen molar-refractivity contribution >= 4 is 17.4 Å². The van der Waals surface area contributed by atoms with Crippen molar-refractivity contribution in [3.8, 4) is 6.01 Å². The number of carbonyl (C=O) groups is 1. The summed E-state index contributed by atoms with van der Waals surface area (Å²) in [6, 6.07) is 6.49. The normalized spacial score (nSPS) is 18.9. The lowest BCUT2D eigenvalue weighted by Gasteiger charge is -2.36. The summed E-state index contributed by atoms with van der Waals surface area (Å²) in [6.45, 7) is 2.85. The smallest absolute Gasteiger partial charge is 0.414 e. The van der Waals surface area contributed by atoms with Gasteiger partial charge in [0.1, 0.15) is 31.3 Å². The number of carbonyl (C=O) groups excluding carboxylic acids is 1. The van der Waals surface area contributed by atoms with Gasteiger partial charge >= 0.3 is 11.8 Å². The summed E-state index contributed by atoms with van der Waals surface area (Å²) in [6.07, 6.45) is 0.905. The molecule has 154 valence electrons. The molecule has 2 aliphatic rings. The number of fused-ring (bicyclic) bond motifs is 1. The minimum Gasteiger partial charge on any atom is -0.443 e. The van der Waals surface area contributed by atoms with Crippen LogP contribution in [0.5, 0.6) is 6.01 Å². The van der Waals surface area contributed by atoms with E-state index in [0.29, 0.717) is 32.7 Å². The zero-order valence-electron chi connectivity index (χ0n) is 15.6. The predicted octanol–water partition coefficient (Wildman–Crippen LogP) is 1.06. The van der Waals surface area contributed by atoms with Crippen LogP contribution in [0.25, 0.3) is 0 Å². The van der Waals surface area contributed by atoms with Crippen molar-refractivity contribution in [1.82, 2.24) is 14.5 Å². The largest absolute Gasteiger partial charge is 0.443 e. The van der Waals surface area contributed by atoms with Crippen LogP contribution in [-0.2, 0) is 16.1 Å². The Balaban J connectivity index is 1.24. The SMILES string of the molecule is O=C(CO[C@@H]1COc2nc([N+](=O)[O-])cn2C1)N1CCN(c2ccc(F)cc2)CC1. The van der Waals surface area contributed by atoms with Crippen molar-refractivity contribution < 1.29 is 23.6 Å². The van der Waals surface area contributed by atoms with Gasteiger partial charge in [0.15, 0.2) is 0 Å². The number of rotatable bonds is 5. The second-order valence-corrected chi connectivity index (χ2v) is 6.88. The van der Waals surface area contributed by atoms with Gasteiger partial charge in [0, 0.05) is 36.9 Å². The van der Waals surface area contributed by atoms with Crippen LogP contribution in [0.15, 0.2) is 30.5 Å². The van der Waals surface area contributed by atoms with Crippen LogP contribution in [-0.4, -0.2) is 70.8 Å². The van der Waals surface area contributed by atoms with Gasteiger partial charge in [-0.25, -0.2) is 4.39 Å². The van der Waals surface area contributed by atoms with Crippen molar-refractivity contribution in [1.29, 1.82) is 0 Å². The van der Waals surface area contributed by atoms with Gasteiger partial charge in [-0.05, 0) is 29.2 Å². The molecule has 0 spiro atoms. The van der Waals surface area contributed by atoms with Gasteiger partial charge in [-0.15, -0.1) is 0 Å². The summed E-state index contributed by atoms with van der Waals surface area (Å²) >= 11 is 0. The van der Waals surface area contributed by atoms with Crippen molar-refractivity contribution in [3.05, 3.63) is 46.4 Å². The second kappa shape index (κ2) is 8.03. The number of aromatic nitrogens is 2. The van der Waals surface area contributed by atoms with Gasteiger partial charge in [-0.3, -0.25) is 9.36 Å². The van der Waals surface area contributed by atoms with Crippen LogP contribution in [0.1, 0.15) is 0 Å². The van der Waals surface area contributed by atoms with E-state index in [1.165, 1.54) is 22.9 Å². The Bertz CT molecular complexity index is 895. The minimum atomic E-state index is -0.584. The second-order valence-electron chi connectivity index (χ2n) is 6.88. The van der Waals surface area contributed by atoms with Crippen LogP contribution in [0, 0.1) is 15.9 Å². The maximum atomic E-state index is 13.0. The summed E-state index contributed by atoms with van der Waals surface area (Å²) in [5.41, 5.74) is 0.930. The van der Waals surface area contributed by atoms with E-state index in [1.807, 2.05) is 0 Å². The van der Waals surface area contributed by atoms with E-state index < -0.39 is 4.92 Å². The molecule has 4 rings (SSSR count). The molecular formula is C18H20FN5O5. The third-order valence-corrected chi connectivity index (χ3v) is 4.98. The zero-order valence-corrected chi connectivity index (χ0v) is 15.6. The molecule has 1 aromatic heterocycles. The monoisotopic (exact) mass is 405 g/mol. The standard InChI is InChI=1S/C18H20FN5O5/c19-13-1-3-14(4-2-13)21-5-7-22(8-6-21)17(25)12-28-15-9-23-10-16(24(26)27)20-18(23)29-11-15/h1-4,10,15H,5-9,11-12H2/t15-/m0/s1. The number of piperazine rings is 1. The number of halogens is 1. The Morgan fingerprint density at radius 1 is 1.28 bits per heavy atom. The molecule has 2 aliphatic heterocycles. The van der Waals surface area contributed by atoms with Gasteiger partial charge in [0.25, 0.3) is 0 Å². The summed E-state index contributed by atoms with van der Waals surface area (Å²) in [7, 11) is 0. The molecule has 0 N–H and O–H groups in total. The maximum absolute atomic E-state index is 13.0. The fraction of sp³-hybridized carbons (Fsp3) is 0.444. The first-order valence-corrected chi connectivity index (χ1v) is 9.24. The van der Waals surface area contributed by atoms with E-state index in [0.717, 1.165) is 5.69 Å². The van der Waals surface area contributed by atoms with E-state index >= 15 is 0 Å². The maximum Gasteiger partial charge on any atom is 0.414 e. The fourth-order valence-corrected chi connectivity index (χ4v) is 3.41. The summed E-state index contributed by atoms with van der Waals surface area (Å²) in [5.74, 6) is -0.675. The number of hydrogen-bond donors (Lipinski definition) is 0. The molecule has 0 aliphatic carbocycles. The van der Waals surface area contributed by atoms with Crippen molar-refractivity contribution in [2.24, 2.45) is 0 Å². The average Bonchev–Trinajstić information content (AvgIpc) is 3.16. The molecular weight excluding hydrogens is 385 g/mol. The first-order chi connectivity index (χ1) is 14.0. The van der Waals surface area contributed by atoms with Crippen LogP contribution < -0.4 is 9.64 Å². The van der Waals surface area contributed by atoms with E-state index in [-0.39, 0.29) is 42.9 Å². The number of hydrogen-bond acceptors (Lipinski definition) is 7. The van der Waals surface area contributed by atoms with Gasteiger partial charge in [-0.2, -0.15) is 0 Å². The highest BCUT2D eigenvalue weighted by molar-refractivity contribution is 5.77. The molecule has 1 aromatic carbocycles. The molecule has 3 heterocycles. The molecule has 1 atom stereocenters. The Kier molecular flexibility index (Phi) is 5.30. The molecule has 10 nitrogen and oxygen atoms in total. The summed E-state index contributed by atoms with van der Waals surface area (Å²) in [5, 5.41) is 10.8. The number of amides is 1. The highest BCUT2D eigenvalue weighted by Crippen LogP contribution is 2.22. The average molecular weight is 405 g/mol. The quantitative estimate of drug-likeness (QED) is 0.541. The minimum absolute atomic E-state index is 0.0866. The highest BCUT2D eigenvalue weighted by atomic mass is 19.1. The molecule has 0 saturated carbocycles. The van der Waals surface area contributed by atoms with Crippen molar-refractivity contribution in [2.75, 3.05) is 44.3 Å². The number of nitro groups is 1. The molecule has 1 amide bonds. The summed E-state index contributed by atoms with van der Waals surface area (Å²) in [4.78, 5) is 30.3. The van der Waals surface area contributed by atoms with E-state index in [4.69, 9.17) is 9.47 Å². The van der Waals surface area contributed by atoms with Crippen LogP contribution in [0.3, 0.4) is 0 Å². The Morgan fingerprint density at radius 2 is 2.00 bits per heavy atom. The van der Waals surface area contributed by atoms with Crippen LogP contribution >= 0.6 is 0 Å². The van der Waals surface area contributed by atoms with E-state index in [9.17, 15) is 19.3 Å². The number of ether oxygens (including phenoxy) is 2. The number of imidazole rings is 1. The third kappa shape index (κ3) is 4.29. The molecule has 11 heteroatoms. The molecule has 0 radical (unpaired) electrons. The lowest BCUT2D eigenvalue weighted by Crippen LogP contribution is -2.50. The lowest BCUT2D eigenvalue weighted by molar-refractivity contribution is -0.389. The van der Waals surface area contributed by atoms with E-state index in [1.54, 1.807) is 17.0 Å². The lowest BCUT2D eigenvalue weighted by atomic mass is 10.2. The Hall–Kier alpha value is -3.21. The fourth-order valence-electron chi connectivity index (χ4n) is 3.41. The Morgan fingerprint density at radius 3 is 2.69 bits per heavy atom. The molecule has 2 aromatic rings. The zero-order chi connectivity index (χ0) is 20.4. The molecule has 0 unspecified atom stereocenters. The number of nitrogens with zero attached hydrogens (tertiary/aromatic N) is 5. The first-order valence-electron chi connectivity index (χ1n) is 9.24. The van der Waals surface area contributed by atoms with E-state index in [2.05, 4.69) is 9.88 Å². The molecule has 1 saturated heterocycles. The number of benzene rings is 1. The van der Waals surface area contributed by atoms with Crippen molar-refractivity contribution in [3.63, 3.8) is 0 Å². The summed E-state index contributed by atoms with van der Waals surface area (Å²) < 4.78 is 25.6.